The standard InChI is InChI=1S/C24H25NO3S/c1-15(28-24(27)22-14-16-8-2-7-13-21(16)29-22)23(26)25-19-11-5-3-9-17(19)18-10-4-6-12-20(18)25/h3,5,9,11,14-15H,2,4,6-8,10,12-13H2,1H3. The zero-order valence-corrected chi connectivity index (χ0v) is 17.5. The van der Waals surface area contributed by atoms with Crippen LogP contribution >= 0.6 is 11.3 Å². The Labute approximate surface area is 174 Å². The van der Waals surface area contributed by atoms with Gasteiger partial charge in [-0.15, -0.1) is 11.3 Å². The van der Waals surface area contributed by atoms with Gasteiger partial charge in [0, 0.05) is 16.0 Å². The Balaban J connectivity index is 1.42. The van der Waals surface area contributed by atoms with Gasteiger partial charge in [-0.25, -0.2) is 4.79 Å². The molecule has 0 saturated heterocycles. The predicted molar refractivity (Wildman–Crippen MR) is 115 cm³/mol. The fourth-order valence-electron chi connectivity index (χ4n) is 4.79. The molecule has 0 spiro atoms. The summed E-state index contributed by atoms with van der Waals surface area (Å²) in [7, 11) is 0. The van der Waals surface area contributed by atoms with E-state index in [1.807, 2.05) is 24.3 Å². The Morgan fingerprint density at radius 2 is 1.79 bits per heavy atom. The quantitative estimate of drug-likeness (QED) is 0.550. The molecule has 0 radical (unpaired) electrons. The Bertz CT molecular complexity index is 1080. The second kappa shape index (κ2) is 7.45. The van der Waals surface area contributed by atoms with E-state index < -0.39 is 6.10 Å². The van der Waals surface area contributed by atoms with Crippen LogP contribution in [0.3, 0.4) is 0 Å². The number of benzene rings is 1. The van der Waals surface area contributed by atoms with Gasteiger partial charge in [0.25, 0.3) is 5.91 Å². The fourth-order valence-corrected chi connectivity index (χ4v) is 5.93. The molecule has 5 rings (SSSR count). The van der Waals surface area contributed by atoms with E-state index in [1.54, 1.807) is 11.5 Å². The summed E-state index contributed by atoms with van der Waals surface area (Å²) in [6.45, 7) is 1.69. The Hall–Kier alpha value is -2.40. The Morgan fingerprint density at radius 1 is 1.03 bits per heavy atom. The van der Waals surface area contributed by atoms with Crippen molar-refractivity contribution in [3.63, 3.8) is 0 Å². The van der Waals surface area contributed by atoms with Crippen LogP contribution in [-0.2, 0) is 30.4 Å². The summed E-state index contributed by atoms with van der Waals surface area (Å²) >= 11 is 1.53. The number of carbonyl (C=O) groups is 2. The van der Waals surface area contributed by atoms with Gasteiger partial charge < -0.3 is 4.74 Å². The molecule has 5 heteroatoms. The molecule has 2 aliphatic carbocycles. The van der Waals surface area contributed by atoms with Crippen molar-refractivity contribution >= 4 is 34.1 Å². The highest BCUT2D eigenvalue weighted by Crippen LogP contribution is 2.33. The molecule has 4 nitrogen and oxygen atoms in total. The number of carbonyl (C=O) groups excluding carboxylic acids is 2. The lowest BCUT2D eigenvalue weighted by Crippen LogP contribution is -2.30. The van der Waals surface area contributed by atoms with Gasteiger partial charge in [-0.3, -0.25) is 9.36 Å². The zero-order chi connectivity index (χ0) is 20.0. The summed E-state index contributed by atoms with van der Waals surface area (Å²) in [5.41, 5.74) is 4.58. The summed E-state index contributed by atoms with van der Waals surface area (Å²) in [5, 5.41) is 1.15. The fraction of sp³-hybridized carbons (Fsp3) is 0.417. The van der Waals surface area contributed by atoms with Crippen molar-refractivity contribution in [2.45, 2.75) is 64.4 Å². The summed E-state index contributed by atoms with van der Waals surface area (Å²) < 4.78 is 7.45. The Morgan fingerprint density at radius 3 is 2.66 bits per heavy atom. The molecule has 1 unspecified atom stereocenters. The molecule has 2 heterocycles. The number of para-hydroxylation sites is 1. The number of hydrogen-bond acceptors (Lipinski definition) is 4. The minimum absolute atomic E-state index is 0.154. The SMILES string of the molecule is CC(OC(=O)c1cc2c(s1)CCCC2)C(=O)n1c2c(c3ccccc31)CCCC2. The third-order valence-electron chi connectivity index (χ3n) is 6.23. The number of nitrogens with zero attached hydrogens (tertiary/aromatic N) is 1. The Kier molecular flexibility index (Phi) is 4.78. The average molecular weight is 408 g/mol. The second-order valence-electron chi connectivity index (χ2n) is 8.14. The van der Waals surface area contributed by atoms with Crippen LogP contribution < -0.4 is 0 Å². The van der Waals surface area contributed by atoms with Crippen LogP contribution in [0.5, 0.6) is 0 Å². The maximum atomic E-state index is 13.3. The first-order chi connectivity index (χ1) is 14.1. The maximum absolute atomic E-state index is 13.3. The van der Waals surface area contributed by atoms with Gasteiger partial charge in [0.2, 0.25) is 0 Å². The number of aromatic nitrogens is 1. The summed E-state index contributed by atoms with van der Waals surface area (Å²) in [6, 6.07) is 10.0. The molecule has 0 saturated carbocycles. The van der Waals surface area contributed by atoms with Gasteiger partial charge in [0.1, 0.15) is 4.88 Å². The molecule has 0 N–H and O–H groups in total. The van der Waals surface area contributed by atoms with Gasteiger partial charge in [0.15, 0.2) is 6.10 Å². The van der Waals surface area contributed by atoms with E-state index in [9.17, 15) is 9.59 Å². The number of aryl methyl sites for hydroxylation is 3. The minimum Gasteiger partial charge on any atom is -0.448 e. The molecular weight excluding hydrogens is 382 g/mol. The minimum atomic E-state index is -0.816. The van der Waals surface area contributed by atoms with Crippen LogP contribution in [0, 0.1) is 0 Å². The van der Waals surface area contributed by atoms with E-state index in [4.69, 9.17) is 4.74 Å². The van der Waals surface area contributed by atoms with Crippen molar-refractivity contribution in [3.05, 3.63) is 56.9 Å². The largest absolute Gasteiger partial charge is 0.448 e. The molecule has 2 aromatic heterocycles. The van der Waals surface area contributed by atoms with Gasteiger partial charge in [-0.1, -0.05) is 18.2 Å². The number of hydrogen-bond donors (Lipinski definition) is 0. The molecule has 150 valence electrons. The number of rotatable bonds is 3. The van der Waals surface area contributed by atoms with Crippen molar-refractivity contribution in [3.8, 4) is 0 Å². The van der Waals surface area contributed by atoms with Crippen LogP contribution in [0.4, 0.5) is 0 Å². The van der Waals surface area contributed by atoms with Crippen molar-refractivity contribution in [1.29, 1.82) is 0 Å². The van der Waals surface area contributed by atoms with E-state index in [1.165, 1.54) is 40.2 Å². The van der Waals surface area contributed by atoms with E-state index in [2.05, 4.69) is 6.07 Å². The van der Waals surface area contributed by atoms with E-state index in [0.29, 0.717) is 4.88 Å². The van der Waals surface area contributed by atoms with Gasteiger partial charge in [-0.05, 0) is 81.5 Å². The highest BCUT2D eigenvalue weighted by atomic mass is 32.1. The van der Waals surface area contributed by atoms with Crippen molar-refractivity contribution in [2.75, 3.05) is 0 Å². The van der Waals surface area contributed by atoms with Gasteiger partial charge in [0.05, 0.1) is 5.52 Å². The third-order valence-corrected chi connectivity index (χ3v) is 7.45. The first kappa shape index (κ1) is 18.6. The molecule has 0 bridgehead atoms. The molecule has 1 aromatic carbocycles. The van der Waals surface area contributed by atoms with Crippen LogP contribution in [0.25, 0.3) is 10.9 Å². The normalized spacial score (nSPS) is 16.9. The molecule has 3 aromatic rings. The molecule has 0 amide bonds. The van der Waals surface area contributed by atoms with Gasteiger partial charge >= 0.3 is 5.97 Å². The zero-order valence-electron chi connectivity index (χ0n) is 16.7. The summed E-state index contributed by atoms with van der Waals surface area (Å²) in [4.78, 5) is 28.0. The second-order valence-corrected chi connectivity index (χ2v) is 9.27. The van der Waals surface area contributed by atoms with Crippen molar-refractivity contribution in [1.82, 2.24) is 4.57 Å². The number of ether oxygens (including phenoxy) is 1. The molecular formula is C24H25NO3S. The van der Waals surface area contributed by atoms with E-state index in [0.717, 1.165) is 55.1 Å². The molecule has 29 heavy (non-hydrogen) atoms. The third kappa shape index (κ3) is 3.21. The highest BCUT2D eigenvalue weighted by molar-refractivity contribution is 7.14. The molecule has 0 fully saturated rings. The highest BCUT2D eigenvalue weighted by Gasteiger charge is 2.28. The maximum Gasteiger partial charge on any atom is 0.349 e. The van der Waals surface area contributed by atoms with Crippen LogP contribution in [-0.4, -0.2) is 22.5 Å². The molecule has 1 atom stereocenters. The summed E-state index contributed by atoms with van der Waals surface area (Å²) in [5.74, 6) is -0.533. The van der Waals surface area contributed by atoms with E-state index in [-0.39, 0.29) is 11.9 Å². The molecule has 2 aliphatic rings. The van der Waals surface area contributed by atoms with Crippen LogP contribution in [0.15, 0.2) is 30.3 Å². The monoisotopic (exact) mass is 407 g/mol. The van der Waals surface area contributed by atoms with Gasteiger partial charge in [-0.2, -0.15) is 0 Å². The predicted octanol–water partition coefficient (Wildman–Crippen LogP) is 5.35. The lowest BCUT2D eigenvalue weighted by Gasteiger charge is -2.18. The smallest absolute Gasteiger partial charge is 0.349 e. The molecule has 0 aliphatic heterocycles. The van der Waals surface area contributed by atoms with Crippen molar-refractivity contribution in [2.24, 2.45) is 0 Å². The van der Waals surface area contributed by atoms with Crippen LogP contribution in [0.2, 0.25) is 0 Å². The first-order valence-corrected chi connectivity index (χ1v) is 11.4. The first-order valence-electron chi connectivity index (χ1n) is 10.6. The van der Waals surface area contributed by atoms with Crippen LogP contribution in [0.1, 0.15) is 68.8 Å². The number of thiophene rings is 1. The number of fused-ring (bicyclic) bond motifs is 4. The van der Waals surface area contributed by atoms with Crippen molar-refractivity contribution < 1.29 is 14.3 Å². The number of esters is 1. The topological polar surface area (TPSA) is 48.3 Å². The van der Waals surface area contributed by atoms with E-state index >= 15 is 0 Å². The average Bonchev–Trinajstić information content (AvgIpc) is 3.32. The lowest BCUT2D eigenvalue weighted by atomic mass is 9.95. The summed E-state index contributed by atoms with van der Waals surface area (Å²) in [6.07, 6.45) is 7.77. The lowest BCUT2D eigenvalue weighted by molar-refractivity contribution is 0.0289.